The molecule has 1 aromatic heterocycles. The number of nitrogens with one attached hydrogen (secondary N) is 1. The van der Waals surface area contributed by atoms with Crippen molar-refractivity contribution in [1.82, 2.24) is 5.32 Å². The lowest BCUT2D eigenvalue weighted by Gasteiger charge is -2.06. The van der Waals surface area contributed by atoms with E-state index in [0.717, 1.165) is 18.2 Å². The number of hydrogen-bond acceptors (Lipinski definition) is 7. The summed E-state index contributed by atoms with van der Waals surface area (Å²) in [7, 11) is 0. The van der Waals surface area contributed by atoms with Crippen molar-refractivity contribution in [2.75, 3.05) is 6.54 Å². The van der Waals surface area contributed by atoms with Gasteiger partial charge in [-0.3, -0.25) is 24.5 Å². The molecule has 1 amide bonds. The predicted molar refractivity (Wildman–Crippen MR) is 94.2 cm³/mol. The number of amides is 1. The molecule has 0 bridgehead atoms. The van der Waals surface area contributed by atoms with Crippen molar-refractivity contribution >= 4 is 34.7 Å². The lowest BCUT2D eigenvalue weighted by atomic mass is 10.2. The summed E-state index contributed by atoms with van der Waals surface area (Å²) in [6, 6.07) is 5.93. The van der Waals surface area contributed by atoms with E-state index in [0.29, 0.717) is 4.88 Å². The van der Waals surface area contributed by atoms with E-state index in [1.54, 1.807) is 17.5 Å². The number of carbonyl (C=O) groups is 3. The molecular formula is C17H15FN2O6S. The van der Waals surface area contributed by atoms with Crippen LogP contribution >= 0.6 is 11.3 Å². The number of ether oxygens (including phenoxy) is 1. The molecule has 27 heavy (non-hydrogen) atoms. The highest BCUT2D eigenvalue weighted by molar-refractivity contribution is 7.12. The molecule has 0 aliphatic rings. The number of nitro groups is 1. The minimum atomic E-state index is -0.862. The van der Waals surface area contributed by atoms with Crippen molar-refractivity contribution in [2.45, 2.75) is 19.3 Å². The molecule has 0 aliphatic carbocycles. The molecular weight excluding hydrogens is 379 g/mol. The molecule has 0 saturated carbocycles. The number of Topliss-reactive ketones (excluding diaryl/α,β-unsaturated/α-hetero) is 1. The van der Waals surface area contributed by atoms with Crippen molar-refractivity contribution in [3.05, 3.63) is 56.5 Å². The molecule has 1 aromatic carbocycles. The Hall–Kier alpha value is -3.14. The third-order valence-corrected chi connectivity index (χ3v) is 4.28. The Morgan fingerprint density at radius 3 is 2.63 bits per heavy atom. The zero-order valence-corrected chi connectivity index (χ0v) is 14.8. The second-order valence-corrected chi connectivity index (χ2v) is 6.29. The molecule has 0 saturated heterocycles. The number of rotatable bonds is 9. The molecule has 142 valence electrons. The summed E-state index contributed by atoms with van der Waals surface area (Å²) in [5.41, 5.74) is -0.541. The van der Waals surface area contributed by atoms with Gasteiger partial charge in [0, 0.05) is 31.5 Å². The van der Waals surface area contributed by atoms with E-state index < -0.39 is 34.1 Å². The maximum atomic E-state index is 13.2. The molecule has 0 spiro atoms. The highest BCUT2D eigenvalue weighted by Gasteiger charge is 2.19. The van der Waals surface area contributed by atoms with Gasteiger partial charge >= 0.3 is 11.7 Å². The van der Waals surface area contributed by atoms with Gasteiger partial charge in [0.25, 0.3) is 0 Å². The summed E-state index contributed by atoms with van der Waals surface area (Å²) in [6.45, 7) is -0.0754. The van der Waals surface area contributed by atoms with Crippen LogP contribution in [0.2, 0.25) is 0 Å². The molecule has 0 aliphatic heterocycles. The van der Waals surface area contributed by atoms with E-state index >= 15 is 0 Å². The van der Waals surface area contributed by atoms with Crippen molar-refractivity contribution < 1.29 is 28.4 Å². The Morgan fingerprint density at radius 2 is 1.96 bits per heavy atom. The van der Waals surface area contributed by atoms with Gasteiger partial charge in [0.15, 0.2) is 5.78 Å². The molecule has 0 atom stereocenters. The van der Waals surface area contributed by atoms with Crippen molar-refractivity contribution in [3.63, 3.8) is 0 Å². The number of esters is 1. The van der Waals surface area contributed by atoms with Crippen LogP contribution in [0.25, 0.3) is 0 Å². The number of carbonyl (C=O) groups excluding carboxylic acids is 3. The summed E-state index contributed by atoms with van der Waals surface area (Å²) in [5, 5.41) is 15.1. The van der Waals surface area contributed by atoms with Gasteiger partial charge in [-0.15, -0.1) is 11.3 Å². The monoisotopic (exact) mass is 394 g/mol. The van der Waals surface area contributed by atoms with Gasteiger partial charge in [-0.05, 0) is 17.5 Å². The van der Waals surface area contributed by atoms with Crippen molar-refractivity contribution in [3.8, 4) is 5.75 Å². The minimum absolute atomic E-state index is 0.0266. The number of nitrogens with zero attached hydrogens (tertiary/aromatic N) is 1. The third kappa shape index (κ3) is 6.26. The fourth-order valence-corrected chi connectivity index (χ4v) is 2.77. The normalized spacial score (nSPS) is 10.3. The van der Waals surface area contributed by atoms with E-state index in [1.807, 2.05) is 0 Å². The summed E-state index contributed by atoms with van der Waals surface area (Å²) < 4.78 is 18.0. The molecule has 0 unspecified atom stereocenters. The van der Waals surface area contributed by atoms with Crippen LogP contribution in [0.5, 0.6) is 5.75 Å². The lowest BCUT2D eigenvalue weighted by molar-refractivity contribution is -0.385. The summed E-state index contributed by atoms with van der Waals surface area (Å²) in [4.78, 5) is 45.8. The average molecular weight is 394 g/mol. The van der Waals surface area contributed by atoms with Gasteiger partial charge in [0.2, 0.25) is 11.7 Å². The first-order valence-corrected chi connectivity index (χ1v) is 8.73. The largest absolute Gasteiger partial charge is 0.419 e. The maximum Gasteiger partial charge on any atom is 0.313 e. The van der Waals surface area contributed by atoms with Gasteiger partial charge in [-0.25, -0.2) is 4.39 Å². The van der Waals surface area contributed by atoms with Crippen LogP contribution in [0.15, 0.2) is 35.7 Å². The Kier molecular flexibility index (Phi) is 7.12. The highest BCUT2D eigenvalue weighted by atomic mass is 32.1. The van der Waals surface area contributed by atoms with Crippen molar-refractivity contribution in [1.29, 1.82) is 0 Å². The number of nitro benzene ring substituents is 1. The third-order valence-electron chi connectivity index (χ3n) is 3.37. The zero-order valence-electron chi connectivity index (χ0n) is 14.0. The van der Waals surface area contributed by atoms with Gasteiger partial charge < -0.3 is 10.1 Å². The Balaban J connectivity index is 1.74. The predicted octanol–water partition coefficient (Wildman–Crippen LogP) is 2.87. The number of thiophene rings is 1. The Morgan fingerprint density at radius 1 is 1.19 bits per heavy atom. The first-order chi connectivity index (χ1) is 12.9. The van der Waals surface area contributed by atoms with Crippen LogP contribution in [0, 0.1) is 15.9 Å². The summed E-state index contributed by atoms with van der Waals surface area (Å²) in [6.07, 6.45) is -0.244. The molecule has 0 radical (unpaired) electrons. The maximum absolute atomic E-state index is 13.2. The quantitative estimate of drug-likeness (QED) is 0.230. The average Bonchev–Trinajstić information content (AvgIpc) is 3.14. The highest BCUT2D eigenvalue weighted by Crippen LogP contribution is 2.27. The van der Waals surface area contributed by atoms with Crippen LogP contribution in [0.4, 0.5) is 10.1 Å². The van der Waals surface area contributed by atoms with E-state index in [1.165, 1.54) is 11.3 Å². The van der Waals surface area contributed by atoms with Crippen LogP contribution in [-0.4, -0.2) is 29.1 Å². The van der Waals surface area contributed by atoms with Crippen LogP contribution < -0.4 is 10.1 Å². The van der Waals surface area contributed by atoms with E-state index in [2.05, 4.69) is 5.32 Å². The number of ketones is 1. The molecule has 8 nitrogen and oxygen atoms in total. The molecule has 0 fully saturated rings. The second kappa shape index (κ2) is 9.53. The van der Waals surface area contributed by atoms with Crippen LogP contribution in [0.3, 0.4) is 0 Å². The Bertz CT molecular complexity index is 853. The van der Waals surface area contributed by atoms with Gasteiger partial charge in [0.05, 0.1) is 16.2 Å². The minimum Gasteiger partial charge on any atom is -0.419 e. The smallest absolute Gasteiger partial charge is 0.313 e. The number of hydrogen-bond donors (Lipinski definition) is 1. The summed E-state index contributed by atoms with van der Waals surface area (Å²) in [5.74, 6) is -2.70. The Labute approximate surface area is 157 Å². The number of benzene rings is 1. The van der Waals surface area contributed by atoms with Crippen LogP contribution in [0.1, 0.15) is 28.9 Å². The fourth-order valence-electron chi connectivity index (χ4n) is 2.07. The second-order valence-electron chi connectivity index (χ2n) is 5.34. The standard InChI is InChI=1S/C17H15FN2O6S/c18-11-3-4-12(20(24)25)14(10-11)26-17(23)7-8-19-16(22)6-5-13(21)15-2-1-9-27-15/h1-4,9-10H,5-8H2,(H,19,22). The molecule has 1 heterocycles. The first-order valence-electron chi connectivity index (χ1n) is 7.85. The van der Waals surface area contributed by atoms with E-state index in [4.69, 9.17) is 4.74 Å². The molecule has 2 rings (SSSR count). The SMILES string of the molecule is O=C(CCC(=O)c1cccs1)NCCC(=O)Oc1cc(F)ccc1[N+](=O)[O-]. The van der Waals surface area contributed by atoms with E-state index in [-0.39, 0.29) is 31.6 Å². The van der Waals surface area contributed by atoms with Gasteiger partial charge in [-0.1, -0.05) is 6.07 Å². The molecule has 1 N–H and O–H groups in total. The first kappa shape index (κ1) is 20.2. The van der Waals surface area contributed by atoms with Gasteiger partial charge in [-0.2, -0.15) is 0 Å². The fraction of sp³-hybridized carbons (Fsp3) is 0.235. The lowest BCUT2D eigenvalue weighted by Crippen LogP contribution is -2.27. The van der Waals surface area contributed by atoms with E-state index in [9.17, 15) is 28.9 Å². The topological polar surface area (TPSA) is 116 Å². The molecule has 10 heteroatoms. The number of halogens is 1. The van der Waals surface area contributed by atoms with Crippen LogP contribution in [-0.2, 0) is 9.59 Å². The summed E-state index contributed by atoms with van der Waals surface area (Å²) >= 11 is 1.29. The van der Waals surface area contributed by atoms with Gasteiger partial charge in [0.1, 0.15) is 5.82 Å². The van der Waals surface area contributed by atoms with Crippen molar-refractivity contribution in [2.24, 2.45) is 0 Å². The molecule has 2 aromatic rings. The zero-order chi connectivity index (χ0) is 19.8.